The molecule has 6 nitrogen and oxygen atoms in total. The highest BCUT2D eigenvalue weighted by Crippen LogP contribution is 2.37. The lowest BCUT2D eigenvalue weighted by molar-refractivity contribution is 0.482. The average Bonchev–Trinajstić information content (AvgIpc) is 3.51. The summed E-state index contributed by atoms with van der Waals surface area (Å²) in [4.78, 5) is 10.4. The minimum atomic E-state index is 0.428. The highest BCUT2D eigenvalue weighted by molar-refractivity contribution is 7.20. The summed E-state index contributed by atoms with van der Waals surface area (Å²) in [7, 11) is 2.04. The van der Waals surface area contributed by atoms with Crippen molar-refractivity contribution in [2.45, 2.75) is 38.3 Å². The molecule has 37 heavy (non-hydrogen) atoms. The van der Waals surface area contributed by atoms with Crippen molar-refractivity contribution in [2.24, 2.45) is 0 Å². The molecule has 0 amide bonds. The molecule has 2 atom stereocenters. The van der Waals surface area contributed by atoms with Gasteiger partial charge in [-0.3, -0.25) is 4.57 Å². The number of pyridine rings is 1. The molecule has 0 radical (unpaired) electrons. The molecule has 0 bridgehead atoms. The number of aryl methyl sites for hydroxylation is 1. The Morgan fingerprint density at radius 1 is 1.11 bits per heavy atom. The Morgan fingerprint density at radius 3 is 2.68 bits per heavy atom. The van der Waals surface area contributed by atoms with E-state index in [0.29, 0.717) is 12.1 Å². The van der Waals surface area contributed by atoms with E-state index in [1.165, 1.54) is 6.42 Å². The van der Waals surface area contributed by atoms with Crippen molar-refractivity contribution in [3.63, 3.8) is 0 Å². The molecule has 1 aliphatic rings. The molecule has 3 heterocycles. The number of nitrogens with zero attached hydrogens (tertiary/aromatic N) is 2. The monoisotopic (exact) mass is 509 g/mol. The SMILES string of the molecule is C=C(NC1CCC(NC)C1)c1sc2nccc3c2c1[nH]c(=C)n3-c1ccc(Oc2ccccc2)cc1C. The molecule has 5 aromatic rings. The second kappa shape index (κ2) is 9.57. The van der Waals surface area contributed by atoms with E-state index in [0.717, 1.165) is 72.9 Å². The second-order valence-corrected chi connectivity index (χ2v) is 10.7. The van der Waals surface area contributed by atoms with E-state index in [2.05, 4.69) is 58.5 Å². The lowest BCUT2D eigenvalue weighted by Gasteiger charge is -2.18. The van der Waals surface area contributed by atoms with Crippen LogP contribution in [0.15, 0.2) is 67.4 Å². The Morgan fingerprint density at radius 2 is 1.92 bits per heavy atom. The first-order valence-corrected chi connectivity index (χ1v) is 13.5. The number of hydrogen-bond donors (Lipinski definition) is 3. The van der Waals surface area contributed by atoms with Crippen LogP contribution in [0.2, 0.25) is 0 Å². The third kappa shape index (κ3) is 4.34. The summed E-state index contributed by atoms with van der Waals surface area (Å²) >= 11 is 1.67. The van der Waals surface area contributed by atoms with E-state index in [1.807, 2.05) is 49.6 Å². The smallest absolute Gasteiger partial charge is 0.128 e. The number of ether oxygens (including phenoxy) is 1. The molecule has 0 saturated heterocycles. The fourth-order valence-electron chi connectivity index (χ4n) is 5.40. The summed E-state index contributed by atoms with van der Waals surface area (Å²) in [6.45, 7) is 10.9. The third-order valence-electron chi connectivity index (χ3n) is 7.23. The predicted octanol–water partition coefficient (Wildman–Crippen LogP) is 6.06. The van der Waals surface area contributed by atoms with Crippen LogP contribution < -0.4 is 20.9 Å². The number of hydrogen-bond acceptors (Lipinski definition) is 5. The summed E-state index contributed by atoms with van der Waals surface area (Å²) in [5, 5.41) is 8.18. The topological polar surface area (TPSA) is 66.9 Å². The Labute approximate surface area is 220 Å². The van der Waals surface area contributed by atoms with Gasteiger partial charge >= 0.3 is 0 Å². The number of aromatic amines is 1. The maximum Gasteiger partial charge on any atom is 0.128 e. The number of nitrogens with one attached hydrogen (secondary N) is 3. The first kappa shape index (κ1) is 23.6. The Kier molecular flexibility index (Phi) is 6.10. The van der Waals surface area contributed by atoms with Crippen molar-refractivity contribution >= 4 is 44.9 Å². The normalized spacial score (nSPS) is 17.5. The van der Waals surface area contributed by atoms with Crippen LogP contribution >= 0.6 is 11.3 Å². The van der Waals surface area contributed by atoms with Gasteiger partial charge in [0.15, 0.2) is 0 Å². The van der Waals surface area contributed by atoms with Crippen LogP contribution in [0.1, 0.15) is 29.7 Å². The van der Waals surface area contributed by atoms with Crippen molar-refractivity contribution in [2.75, 3.05) is 7.05 Å². The van der Waals surface area contributed by atoms with E-state index < -0.39 is 0 Å². The molecule has 3 N–H and O–H groups in total. The van der Waals surface area contributed by atoms with E-state index in [4.69, 9.17) is 9.72 Å². The number of rotatable bonds is 7. The molecule has 1 saturated carbocycles. The average molecular weight is 510 g/mol. The van der Waals surface area contributed by atoms with Gasteiger partial charge in [-0.2, -0.15) is 0 Å². The minimum absolute atomic E-state index is 0.428. The van der Waals surface area contributed by atoms with Gasteiger partial charge in [-0.05, 0) is 75.2 Å². The standard InChI is InChI=1S/C30H31N5OS/c1-18-16-24(36-23-8-6-5-7-9-23)12-13-25(18)35-20(3)34-28-27-26(35)14-15-32-30(27)37-29(28)19(2)33-22-11-10-21(17-22)31-4/h5-9,12-16,21-22,31,33-34H,2-3,10-11,17H2,1,4H3. The third-order valence-corrected chi connectivity index (χ3v) is 8.39. The van der Waals surface area contributed by atoms with E-state index >= 15 is 0 Å². The largest absolute Gasteiger partial charge is 0.457 e. The van der Waals surface area contributed by atoms with E-state index in [9.17, 15) is 0 Å². The second-order valence-electron chi connectivity index (χ2n) is 9.71. The number of aromatic nitrogens is 3. The molecule has 0 aliphatic heterocycles. The predicted molar refractivity (Wildman–Crippen MR) is 154 cm³/mol. The molecule has 188 valence electrons. The lowest BCUT2D eigenvalue weighted by Crippen LogP contribution is -2.28. The van der Waals surface area contributed by atoms with Gasteiger partial charge in [0.25, 0.3) is 0 Å². The number of thiophene rings is 1. The van der Waals surface area contributed by atoms with Gasteiger partial charge in [-0.1, -0.05) is 31.4 Å². The molecule has 2 unspecified atom stereocenters. The molecule has 0 spiro atoms. The van der Waals surface area contributed by atoms with E-state index in [1.54, 1.807) is 11.3 Å². The van der Waals surface area contributed by atoms with Crippen LogP contribution in [0, 0.1) is 6.92 Å². The number of benzene rings is 2. The lowest BCUT2D eigenvalue weighted by atomic mass is 10.1. The summed E-state index contributed by atoms with van der Waals surface area (Å²) in [5.41, 5.74) is 5.97. The Balaban J connectivity index is 1.38. The maximum atomic E-state index is 6.05. The van der Waals surface area contributed by atoms with Crippen LogP contribution in [0.25, 0.3) is 39.2 Å². The first-order chi connectivity index (χ1) is 18.0. The first-order valence-electron chi connectivity index (χ1n) is 12.7. The zero-order chi connectivity index (χ0) is 25.5. The van der Waals surface area contributed by atoms with Gasteiger partial charge < -0.3 is 20.4 Å². The van der Waals surface area contributed by atoms with Crippen LogP contribution in [0.4, 0.5) is 0 Å². The minimum Gasteiger partial charge on any atom is -0.457 e. The molecule has 6 rings (SSSR count). The van der Waals surface area contributed by atoms with E-state index in [-0.39, 0.29) is 0 Å². The van der Waals surface area contributed by atoms with Gasteiger partial charge in [-0.25, -0.2) is 4.98 Å². The number of H-pyrrole nitrogens is 1. The van der Waals surface area contributed by atoms with Gasteiger partial charge in [-0.15, -0.1) is 11.3 Å². The summed E-state index contributed by atoms with van der Waals surface area (Å²) < 4.78 is 8.22. The maximum absolute atomic E-state index is 6.05. The van der Waals surface area contributed by atoms with Gasteiger partial charge in [0.05, 0.1) is 27.0 Å². The van der Waals surface area contributed by atoms with Crippen LogP contribution in [0.5, 0.6) is 11.5 Å². The summed E-state index contributed by atoms with van der Waals surface area (Å²) in [5.74, 6) is 1.62. The molecule has 3 aromatic heterocycles. The van der Waals surface area contributed by atoms with Crippen molar-refractivity contribution < 1.29 is 4.74 Å². The van der Waals surface area contributed by atoms with Gasteiger partial charge in [0, 0.05) is 24.0 Å². The summed E-state index contributed by atoms with van der Waals surface area (Å²) in [6, 6.07) is 19.0. The molecule has 1 fully saturated rings. The van der Waals surface area contributed by atoms with Crippen molar-refractivity contribution in [3.05, 3.63) is 83.3 Å². The van der Waals surface area contributed by atoms with Crippen LogP contribution in [-0.2, 0) is 0 Å². The Hall–Kier alpha value is -3.81. The fraction of sp³-hybridized carbons (Fsp3) is 0.233. The highest BCUT2D eigenvalue weighted by Gasteiger charge is 2.25. The quantitative estimate of drug-likeness (QED) is 0.249. The van der Waals surface area contributed by atoms with Gasteiger partial charge in [0.1, 0.15) is 21.8 Å². The zero-order valence-electron chi connectivity index (χ0n) is 21.2. The van der Waals surface area contributed by atoms with Crippen molar-refractivity contribution in [3.8, 4) is 17.2 Å². The Bertz CT molecular complexity index is 1660. The van der Waals surface area contributed by atoms with Crippen LogP contribution in [0.3, 0.4) is 0 Å². The van der Waals surface area contributed by atoms with Crippen molar-refractivity contribution in [1.29, 1.82) is 0 Å². The van der Waals surface area contributed by atoms with Crippen molar-refractivity contribution in [1.82, 2.24) is 25.2 Å². The molecule has 2 aromatic carbocycles. The molecule has 7 heteroatoms. The van der Waals surface area contributed by atoms with Gasteiger partial charge in [0.2, 0.25) is 0 Å². The highest BCUT2D eigenvalue weighted by atomic mass is 32.1. The van der Waals surface area contributed by atoms with Crippen LogP contribution in [-0.4, -0.2) is 33.7 Å². The molecule has 1 aliphatic carbocycles. The fourth-order valence-corrected chi connectivity index (χ4v) is 6.45. The summed E-state index contributed by atoms with van der Waals surface area (Å²) in [6.07, 6.45) is 5.31. The molecular formula is C30H31N5OS. The molecular weight excluding hydrogens is 478 g/mol. The number of para-hydroxylation sites is 1. The zero-order valence-corrected chi connectivity index (χ0v) is 22.0.